The quantitative estimate of drug-likeness (QED) is 0.850. The number of sulfonamides is 1. The second-order valence-electron chi connectivity index (χ2n) is 3.28. The van der Waals surface area contributed by atoms with E-state index in [1.807, 2.05) is 0 Å². The van der Waals surface area contributed by atoms with Gasteiger partial charge in [0.25, 0.3) is 5.91 Å². The third kappa shape index (κ3) is 5.24. The summed E-state index contributed by atoms with van der Waals surface area (Å²) in [6, 6.07) is 3.69. The predicted octanol–water partition coefficient (Wildman–Crippen LogP) is 0.607. The summed E-state index contributed by atoms with van der Waals surface area (Å²) in [7, 11) is -3.62. The molecule has 0 bridgehead atoms. The van der Waals surface area contributed by atoms with Gasteiger partial charge in [-0.15, -0.1) is 0 Å². The molecule has 0 unspecified atom stereocenters. The fourth-order valence-corrected chi connectivity index (χ4v) is 1.95. The summed E-state index contributed by atoms with van der Waals surface area (Å²) in [5, 5.41) is 7.09. The number of rotatable bonds is 4. The number of nitrogens with two attached hydrogens (primary N) is 1. The zero-order chi connectivity index (χ0) is 13.1. The second kappa shape index (κ2) is 5.56. The molecule has 0 aromatic heterocycles. The maximum absolute atomic E-state index is 13.0. The number of carbonyl (C=O) groups excluding carboxylic acids is 1. The highest BCUT2D eigenvalue weighted by molar-refractivity contribution is 9.10. The minimum absolute atomic E-state index is 0.103. The van der Waals surface area contributed by atoms with Crippen molar-refractivity contribution in [3.8, 4) is 0 Å². The zero-order valence-electron chi connectivity index (χ0n) is 8.61. The molecule has 0 heterocycles. The molecule has 1 aromatic carbocycles. The molecule has 0 radical (unpaired) electrons. The maximum atomic E-state index is 13.0. The van der Waals surface area contributed by atoms with Gasteiger partial charge in [0, 0.05) is 16.6 Å². The molecule has 8 heteroatoms. The number of carbonyl (C=O) groups is 1. The van der Waals surface area contributed by atoms with Crippen molar-refractivity contribution in [2.24, 2.45) is 5.14 Å². The Morgan fingerprint density at radius 3 is 2.59 bits per heavy atom. The lowest BCUT2D eigenvalue weighted by Gasteiger charge is -2.05. The molecule has 0 atom stereocenters. The predicted molar refractivity (Wildman–Crippen MR) is 64.4 cm³/mol. The number of hydrogen-bond acceptors (Lipinski definition) is 3. The Morgan fingerprint density at radius 1 is 1.41 bits per heavy atom. The molecular weight excluding hydrogens is 315 g/mol. The van der Waals surface area contributed by atoms with Crippen LogP contribution in [0.3, 0.4) is 0 Å². The van der Waals surface area contributed by atoms with E-state index >= 15 is 0 Å². The van der Waals surface area contributed by atoms with Gasteiger partial charge >= 0.3 is 0 Å². The largest absolute Gasteiger partial charge is 0.351 e. The van der Waals surface area contributed by atoms with E-state index in [9.17, 15) is 17.6 Å². The highest BCUT2D eigenvalue weighted by atomic mass is 79.9. The van der Waals surface area contributed by atoms with Crippen molar-refractivity contribution in [1.82, 2.24) is 5.32 Å². The molecule has 1 rings (SSSR count). The van der Waals surface area contributed by atoms with E-state index in [0.29, 0.717) is 4.47 Å². The van der Waals surface area contributed by atoms with Gasteiger partial charge in [0.2, 0.25) is 10.0 Å². The van der Waals surface area contributed by atoms with Crippen LogP contribution in [0.2, 0.25) is 0 Å². The van der Waals surface area contributed by atoms with E-state index in [-0.39, 0.29) is 17.9 Å². The summed E-state index contributed by atoms with van der Waals surface area (Å²) in [5.41, 5.74) is 0.103. The van der Waals surface area contributed by atoms with Crippen molar-refractivity contribution in [3.63, 3.8) is 0 Å². The van der Waals surface area contributed by atoms with Gasteiger partial charge < -0.3 is 5.32 Å². The molecule has 0 fully saturated rings. The average Bonchev–Trinajstić information content (AvgIpc) is 2.13. The van der Waals surface area contributed by atoms with Crippen LogP contribution in [0.25, 0.3) is 0 Å². The molecule has 0 aliphatic rings. The first kappa shape index (κ1) is 14.1. The maximum Gasteiger partial charge on any atom is 0.251 e. The van der Waals surface area contributed by atoms with Gasteiger partial charge in [0.15, 0.2) is 0 Å². The Hall–Kier alpha value is -0.990. The normalized spacial score (nSPS) is 11.2. The van der Waals surface area contributed by atoms with Crippen molar-refractivity contribution in [2.75, 3.05) is 12.3 Å². The lowest BCUT2D eigenvalue weighted by Crippen LogP contribution is -2.31. The average molecular weight is 325 g/mol. The van der Waals surface area contributed by atoms with Crippen molar-refractivity contribution < 1.29 is 17.6 Å². The summed E-state index contributed by atoms with van der Waals surface area (Å²) in [5.74, 6) is -1.49. The number of halogens is 2. The van der Waals surface area contributed by atoms with E-state index < -0.39 is 21.7 Å². The first-order valence-corrected chi connectivity index (χ1v) is 7.03. The van der Waals surface area contributed by atoms with E-state index in [2.05, 4.69) is 21.2 Å². The molecule has 0 aliphatic heterocycles. The molecule has 0 spiro atoms. The molecule has 1 aromatic rings. The van der Waals surface area contributed by atoms with E-state index in [1.165, 1.54) is 12.1 Å². The van der Waals surface area contributed by atoms with Crippen LogP contribution in [0.5, 0.6) is 0 Å². The Kier molecular flexibility index (Phi) is 4.61. The Balaban J connectivity index is 2.64. The Bertz CT molecular complexity index is 513. The van der Waals surface area contributed by atoms with Gasteiger partial charge in [-0.25, -0.2) is 17.9 Å². The lowest BCUT2D eigenvalue weighted by molar-refractivity contribution is 0.0955. The summed E-state index contributed by atoms with van der Waals surface area (Å²) in [4.78, 5) is 11.5. The van der Waals surface area contributed by atoms with E-state index in [4.69, 9.17) is 5.14 Å². The van der Waals surface area contributed by atoms with E-state index in [0.717, 1.165) is 6.07 Å². The minimum Gasteiger partial charge on any atom is -0.351 e. The van der Waals surface area contributed by atoms with Crippen LogP contribution in [0, 0.1) is 5.82 Å². The van der Waals surface area contributed by atoms with Crippen molar-refractivity contribution in [3.05, 3.63) is 34.1 Å². The first-order chi connectivity index (χ1) is 7.78. The van der Waals surface area contributed by atoms with E-state index in [1.54, 1.807) is 0 Å². The third-order valence-corrected chi connectivity index (χ3v) is 3.03. The molecule has 5 nitrogen and oxygen atoms in total. The monoisotopic (exact) mass is 324 g/mol. The van der Waals surface area contributed by atoms with Gasteiger partial charge in [-0.3, -0.25) is 4.79 Å². The number of primary sulfonamides is 1. The molecule has 94 valence electrons. The highest BCUT2D eigenvalue weighted by Gasteiger charge is 2.09. The van der Waals surface area contributed by atoms with Crippen LogP contribution in [-0.4, -0.2) is 26.6 Å². The fourth-order valence-electron chi connectivity index (χ4n) is 1.09. The highest BCUT2D eigenvalue weighted by Crippen LogP contribution is 2.14. The van der Waals surface area contributed by atoms with Crippen molar-refractivity contribution in [1.29, 1.82) is 0 Å². The Labute approximate surface area is 106 Å². The standard InChI is InChI=1S/C9H10BrFN2O3S/c10-7-3-6(4-8(11)5-7)9(14)13-1-2-17(12,15)16/h3-5H,1-2H2,(H,13,14)(H2,12,15,16). The van der Waals surface area contributed by atoms with Crippen molar-refractivity contribution in [2.45, 2.75) is 0 Å². The van der Waals surface area contributed by atoms with Crippen LogP contribution in [-0.2, 0) is 10.0 Å². The molecule has 17 heavy (non-hydrogen) atoms. The summed E-state index contributed by atoms with van der Waals surface area (Å²) in [6.07, 6.45) is 0. The SMILES string of the molecule is NS(=O)(=O)CCNC(=O)c1cc(F)cc(Br)c1. The number of nitrogens with one attached hydrogen (secondary N) is 1. The number of amides is 1. The smallest absolute Gasteiger partial charge is 0.251 e. The third-order valence-electron chi connectivity index (χ3n) is 1.80. The summed E-state index contributed by atoms with van der Waals surface area (Å²) < 4.78 is 34.6. The van der Waals surface area contributed by atoms with Crippen LogP contribution < -0.4 is 10.5 Å². The van der Waals surface area contributed by atoms with Gasteiger partial charge in [-0.1, -0.05) is 15.9 Å². The first-order valence-electron chi connectivity index (χ1n) is 4.53. The van der Waals surface area contributed by atoms with Crippen LogP contribution in [0.4, 0.5) is 4.39 Å². The Morgan fingerprint density at radius 2 is 2.06 bits per heavy atom. The molecule has 0 saturated heterocycles. The summed E-state index contributed by atoms with van der Waals surface area (Å²) >= 11 is 3.05. The molecular formula is C9H10BrFN2O3S. The topological polar surface area (TPSA) is 89.3 Å². The van der Waals surface area contributed by atoms with Gasteiger partial charge in [0.1, 0.15) is 5.82 Å². The van der Waals surface area contributed by atoms with Crippen molar-refractivity contribution >= 4 is 31.9 Å². The summed E-state index contributed by atoms with van der Waals surface area (Å²) in [6.45, 7) is -0.119. The molecule has 1 amide bonds. The molecule has 0 saturated carbocycles. The van der Waals surface area contributed by atoms with Crippen LogP contribution in [0.15, 0.2) is 22.7 Å². The minimum atomic E-state index is -3.62. The molecule has 0 aliphatic carbocycles. The number of benzene rings is 1. The second-order valence-corrected chi connectivity index (χ2v) is 5.93. The zero-order valence-corrected chi connectivity index (χ0v) is 11.0. The number of hydrogen-bond donors (Lipinski definition) is 2. The van der Waals surface area contributed by atoms with Crippen LogP contribution >= 0.6 is 15.9 Å². The molecule has 3 N–H and O–H groups in total. The lowest BCUT2D eigenvalue weighted by atomic mass is 10.2. The van der Waals surface area contributed by atoms with Gasteiger partial charge in [-0.05, 0) is 18.2 Å². The van der Waals surface area contributed by atoms with Gasteiger partial charge in [0.05, 0.1) is 5.75 Å². The van der Waals surface area contributed by atoms with Crippen LogP contribution in [0.1, 0.15) is 10.4 Å². The van der Waals surface area contributed by atoms with Gasteiger partial charge in [-0.2, -0.15) is 0 Å². The fraction of sp³-hybridized carbons (Fsp3) is 0.222.